The highest BCUT2D eigenvalue weighted by molar-refractivity contribution is 6.36. The molecule has 1 aliphatic heterocycles. The summed E-state index contributed by atoms with van der Waals surface area (Å²) in [5.74, 6) is 0.995. The molecular weight excluding hydrogens is 428 g/mol. The Bertz CT molecular complexity index is 1210. The molecule has 3 aromatic rings. The van der Waals surface area contributed by atoms with E-state index in [0.717, 1.165) is 23.1 Å². The molecule has 0 bridgehead atoms. The number of ether oxygens (including phenoxy) is 1. The minimum Gasteiger partial charge on any atom is -0.478 e. The van der Waals surface area contributed by atoms with Crippen molar-refractivity contribution in [3.8, 4) is 5.75 Å². The van der Waals surface area contributed by atoms with Crippen LogP contribution in [-0.2, 0) is 22.6 Å². The first-order valence-corrected chi connectivity index (χ1v) is 10.9. The topological polar surface area (TPSA) is 72.6 Å². The number of ketones is 1. The number of furan rings is 1. The van der Waals surface area contributed by atoms with Gasteiger partial charge in [-0.2, -0.15) is 0 Å². The van der Waals surface area contributed by atoms with Crippen molar-refractivity contribution in [2.24, 2.45) is 0 Å². The Morgan fingerprint density at radius 2 is 2.06 bits per heavy atom. The van der Waals surface area contributed by atoms with Gasteiger partial charge in [-0.25, -0.2) is 0 Å². The van der Waals surface area contributed by atoms with Gasteiger partial charge in [0.1, 0.15) is 17.1 Å². The van der Waals surface area contributed by atoms with E-state index in [1.807, 2.05) is 30.3 Å². The van der Waals surface area contributed by atoms with E-state index in [4.69, 9.17) is 20.8 Å². The summed E-state index contributed by atoms with van der Waals surface area (Å²) in [7, 11) is 1.69. The number of aromatic nitrogens is 1. The lowest BCUT2D eigenvalue weighted by Gasteiger charge is -2.28. The van der Waals surface area contributed by atoms with Gasteiger partial charge >= 0.3 is 0 Å². The standard InChI is InChI=1S/C25H25ClN2O4/c1-25(2)22(29)10-6-8-18-20(32-25)13-16(14-27-18)11-12-23(30)28(3)15-21-24(26)17-7-4-5-9-19(17)31-21/h4-5,7,9,11-14H,6,8,10,15H2,1-3H3/b12-11+. The number of hydrogen-bond acceptors (Lipinski definition) is 5. The molecule has 32 heavy (non-hydrogen) atoms. The maximum atomic E-state index is 12.6. The molecule has 0 saturated carbocycles. The summed E-state index contributed by atoms with van der Waals surface area (Å²) >= 11 is 6.41. The Hall–Kier alpha value is -3.12. The summed E-state index contributed by atoms with van der Waals surface area (Å²) in [6.45, 7) is 3.79. The van der Waals surface area contributed by atoms with Crippen LogP contribution in [0, 0.1) is 0 Å². The first-order valence-electron chi connectivity index (χ1n) is 10.5. The number of Topliss-reactive ketones (excluding diaryl/α,β-unsaturated/α-hetero) is 1. The van der Waals surface area contributed by atoms with E-state index < -0.39 is 5.60 Å². The number of pyridine rings is 1. The second-order valence-electron chi connectivity index (χ2n) is 8.47. The van der Waals surface area contributed by atoms with Crippen LogP contribution < -0.4 is 4.74 Å². The molecule has 0 aliphatic carbocycles. The van der Waals surface area contributed by atoms with Crippen LogP contribution in [0.4, 0.5) is 0 Å². The highest BCUT2D eigenvalue weighted by Crippen LogP contribution is 2.31. The highest BCUT2D eigenvalue weighted by atomic mass is 35.5. The number of halogens is 1. The largest absolute Gasteiger partial charge is 0.478 e. The van der Waals surface area contributed by atoms with Crippen molar-refractivity contribution in [3.63, 3.8) is 0 Å². The SMILES string of the molecule is CN(Cc1oc2ccccc2c1Cl)C(=O)/C=C/c1cnc2c(c1)OC(C)(C)C(=O)CCC2. The number of hydrogen-bond donors (Lipinski definition) is 0. The summed E-state index contributed by atoms with van der Waals surface area (Å²) in [5.41, 5.74) is 1.33. The zero-order valence-electron chi connectivity index (χ0n) is 18.4. The van der Waals surface area contributed by atoms with Crippen molar-refractivity contribution in [2.45, 2.75) is 45.3 Å². The van der Waals surface area contributed by atoms with E-state index in [0.29, 0.717) is 35.0 Å². The fraction of sp³-hybridized carbons (Fsp3) is 0.320. The predicted octanol–water partition coefficient (Wildman–Crippen LogP) is 5.22. The predicted molar refractivity (Wildman–Crippen MR) is 124 cm³/mol. The average molecular weight is 453 g/mol. The zero-order chi connectivity index (χ0) is 22.9. The van der Waals surface area contributed by atoms with Crippen molar-refractivity contribution in [2.75, 3.05) is 7.05 Å². The summed E-state index contributed by atoms with van der Waals surface area (Å²) < 4.78 is 11.8. The van der Waals surface area contributed by atoms with Crippen molar-refractivity contribution in [3.05, 3.63) is 64.6 Å². The van der Waals surface area contributed by atoms with Gasteiger partial charge in [-0.1, -0.05) is 23.7 Å². The van der Waals surface area contributed by atoms with Crippen molar-refractivity contribution >= 4 is 40.3 Å². The van der Waals surface area contributed by atoms with Crippen molar-refractivity contribution in [1.82, 2.24) is 9.88 Å². The Balaban J connectivity index is 1.48. The Labute approximate surface area is 191 Å². The van der Waals surface area contributed by atoms with Gasteiger partial charge in [-0.05, 0) is 56.5 Å². The molecule has 3 heterocycles. The molecule has 1 aromatic carbocycles. The van der Waals surface area contributed by atoms with Crippen molar-refractivity contribution in [1.29, 1.82) is 0 Å². The number of fused-ring (bicyclic) bond motifs is 2. The number of benzene rings is 1. The summed E-state index contributed by atoms with van der Waals surface area (Å²) in [6.07, 6.45) is 6.77. The van der Waals surface area contributed by atoms with E-state index in [9.17, 15) is 9.59 Å². The molecule has 1 amide bonds. The van der Waals surface area contributed by atoms with Gasteiger partial charge in [-0.15, -0.1) is 0 Å². The van der Waals surface area contributed by atoms with Gasteiger partial charge in [-0.3, -0.25) is 14.6 Å². The first-order chi connectivity index (χ1) is 15.2. The van der Waals surface area contributed by atoms with Gasteiger partial charge in [0.25, 0.3) is 0 Å². The second kappa shape index (κ2) is 8.79. The number of nitrogens with zero attached hydrogens (tertiary/aromatic N) is 2. The molecule has 1 aliphatic rings. The summed E-state index contributed by atoms with van der Waals surface area (Å²) in [4.78, 5) is 30.9. The van der Waals surface area contributed by atoms with Crippen LogP contribution in [-0.4, -0.2) is 34.2 Å². The number of para-hydroxylation sites is 1. The minimum atomic E-state index is -0.902. The monoisotopic (exact) mass is 452 g/mol. The first kappa shape index (κ1) is 22.1. The average Bonchev–Trinajstić information content (AvgIpc) is 3.07. The van der Waals surface area contributed by atoms with E-state index in [1.54, 1.807) is 33.2 Å². The van der Waals surface area contributed by atoms with Crippen LogP contribution in [0.3, 0.4) is 0 Å². The van der Waals surface area contributed by atoms with Gasteiger partial charge in [0.2, 0.25) is 5.91 Å². The fourth-order valence-electron chi connectivity index (χ4n) is 3.66. The summed E-state index contributed by atoms with van der Waals surface area (Å²) in [5, 5.41) is 1.35. The maximum absolute atomic E-state index is 12.6. The third-order valence-electron chi connectivity index (χ3n) is 5.58. The molecule has 0 N–H and O–H groups in total. The minimum absolute atomic E-state index is 0.0742. The quantitative estimate of drug-likeness (QED) is 0.508. The molecule has 2 aromatic heterocycles. The highest BCUT2D eigenvalue weighted by Gasteiger charge is 2.31. The second-order valence-corrected chi connectivity index (χ2v) is 8.84. The number of aryl methyl sites for hydroxylation is 1. The third-order valence-corrected chi connectivity index (χ3v) is 6.00. The number of carbonyl (C=O) groups excluding carboxylic acids is 2. The molecule has 7 heteroatoms. The molecule has 6 nitrogen and oxygen atoms in total. The molecule has 0 spiro atoms. The molecular formula is C25H25ClN2O4. The smallest absolute Gasteiger partial charge is 0.246 e. The lowest BCUT2D eigenvalue weighted by atomic mass is 9.95. The van der Waals surface area contributed by atoms with Crippen LogP contribution in [0.5, 0.6) is 5.75 Å². The normalized spacial score (nSPS) is 15.8. The number of carbonyl (C=O) groups is 2. The number of amides is 1. The molecule has 0 radical (unpaired) electrons. The molecule has 0 atom stereocenters. The zero-order valence-corrected chi connectivity index (χ0v) is 19.1. The van der Waals surface area contributed by atoms with Crippen LogP contribution >= 0.6 is 11.6 Å². The van der Waals surface area contributed by atoms with E-state index in [-0.39, 0.29) is 18.2 Å². The Kier molecular flexibility index (Phi) is 6.07. The Morgan fingerprint density at radius 1 is 1.28 bits per heavy atom. The lowest BCUT2D eigenvalue weighted by molar-refractivity contribution is -0.132. The van der Waals surface area contributed by atoms with Gasteiger partial charge in [0.05, 0.1) is 17.3 Å². The maximum Gasteiger partial charge on any atom is 0.246 e. The molecule has 0 saturated heterocycles. The molecule has 0 unspecified atom stereocenters. The van der Waals surface area contributed by atoms with Gasteiger partial charge in [0.15, 0.2) is 11.4 Å². The lowest BCUT2D eigenvalue weighted by Crippen LogP contribution is -2.39. The van der Waals surface area contributed by atoms with Crippen LogP contribution in [0.1, 0.15) is 43.7 Å². The molecule has 166 valence electrons. The van der Waals surface area contributed by atoms with Gasteiger partial charge in [0, 0.05) is 31.1 Å². The Morgan fingerprint density at radius 3 is 2.84 bits per heavy atom. The van der Waals surface area contributed by atoms with E-state index >= 15 is 0 Å². The van der Waals surface area contributed by atoms with Crippen LogP contribution in [0.25, 0.3) is 17.0 Å². The molecule has 4 rings (SSSR count). The fourth-order valence-corrected chi connectivity index (χ4v) is 3.91. The summed E-state index contributed by atoms with van der Waals surface area (Å²) in [6, 6.07) is 9.32. The molecule has 0 fully saturated rings. The van der Waals surface area contributed by atoms with Crippen molar-refractivity contribution < 1.29 is 18.7 Å². The van der Waals surface area contributed by atoms with Gasteiger partial charge < -0.3 is 14.1 Å². The van der Waals surface area contributed by atoms with E-state index in [1.165, 1.54) is 11.0 Å². The van der Waals surface area contributed by atoms with Crippen LogP contribution in [0.2, 0.25) is 5.02 Å². The number of rotatable bonds is 4. The van der Waals surface area contributed by atoms with Crippen LogP contribution in [0.15, 0.2) is 47.0 Å². The van der Waals surface area contributed by atoms with E-state index in [2.05, 4.69) is 4.98 Å². The number of likely N-dealkylation sites (N-methyl/N-ethyl adjacent to an activating group) is 1. The third kappa shape index (κ3) is 4.55.